The zero-order valence-electron chi connectivity index (χ0n) is 16.7. The number of piperazine rings is 1. The lowest BCUT2D eigenvalue weighted by Crippen LogP contribution is -2.61. The third kappa shape index (κ3) is 3.23. The molecule has 8 nitrogen and oxygen atoms in total. The second-order valence-electron chi connectivity index (χ2n) is 8.30. The first-order chi connectivity index (χ1) is 15.2. The van der Waals surface area contributed by atoms with Crippen LogP contribution in [0.1, 0.15) is 24.8 Å². The predicted molar refractivity (Wildman–Crippen MR) is 102 cm³/mol. The number of ether oxygens (including phenoxy) is 1. The van der Waals surface area contributed by atoms with Gasteiger partial charge in [0.2, 0.25) is 0 Å². The Morgan fingerprint density at radius 3 is 2.66 bits per heavy atom. The van der Waals surface area contributed by atoms with Crippen LogP contribution in [0.15, 0.2) is 35.4 Å². The van der Waals surface area contributed by atoms with Crippen molar-refractivity contribution in [1.82, 2.24) is 15.1 Å². The van der Waals surface area contributed by atoms with E-state index in [4.69, 9.17) is 4.74 Å². The Bertz CT molecular complexity index is 1050. The lowest BCUT2D eigenvalue weighted by atomic mass is 9.98. The van der Waals surface area contributed by atoms with Crippen LogP contribution < -0.4 is 5.32 Å². The van der Waals surface area contributed by atoms with Gasteiger partial charge >= 0.3 is 0 Å². The zero-order valence-corrected chi connectivity index (χ0v) is 16.7. The third-order valence-corrected chi connectivity index (χ3v) is 6.37. The molecule has 1 saturated carbocycles. The number of aliphatic hydroxyl groups is 2. The fraction of sp³-hybridized carbons (Fsp3) is 0.429. The maximum atomic E-state index is 13.8. The molecule has 0 aromatic heterocycles. The van der Waals surface area contributed by atoms with E-state index in [1.165, 1.54) is 11.1 Å². The van der Waals surface area contributed by atoms with Crippen LogP contribution in [0.5, 0.6) is 0 Å². The second-order valence-corrected chi connectivity index (χ2v) is 8.30. The van der Waals surface area contributed by atoms with Crippen molar-refractivity contribution in [3.8, 4) is 0 Å². The SMILES string of the molecule is O=C(NCc1c(F)cc(F)cc1F)C1=CN2C[C@H]3O[C@@H]4CC[C@@H](C4)N3C(=O)C2=C(O)C1O. The molecule has 2 amide bonds. The van der Waals surface area contributed by atoms with Crippen molar-refractivity contribution in [3.63, 3.8) is 0 Å². The number of carbonyl (C=O) groups is 2. The molecule has 1 aromatic carbocycles. The Kier molecular flexibility index (Phi) is 4.90. The van der Waals surface area contributed by atoms with Crippen LogP contribution in [0.25, 0.3) is 0 Å². The fourth-order valence-corrected chi connectivity index (χ4v) is 4.83. The number of nitrogens with zero attached hydrogens (tertiary/aromatic N) is 2. The van der Waals surface area contributed by atoms with Gasteiger partial charge in [-0.15, -0.1) is 0 Å². The van der Waals surface area contributed by atoms with Crippen molar-refractivity contribution in [2.45, 2.75) is 50.3 Å². The number of benzene rings is 1. The molecule has 11 heteroatoms. The quantitative estimate of drug-likeness (QED) is 0.638. The number of aliphatic hydroxyl groups excluding tert-OH is 2. The average Bonchev–Trinajstić information content (AvgIpc) is 3.10. The molecule has 1 aliphatic carbocycles. The molecule has 1 aromatic rings. The number of halogens is 3. The molecule has 4 aliphatic rings. The van der Waals surface area contributed by atoms with Gasteiger partial charge in [0.25, 0.3) is 11.8 Å². The standard InChI is InChI=1S/C21H20F3N3O5/c22-9-3-14(23)12(15(24)4-9)6-25-20(30)13-7-26-8-16-27(10-1-2-11(5-10)32-16)21(31)17(26)19(29)18(13)28/h3-4,7,10-11,16,18,28-29H,1-2,5-6,8H2,(H,25,30)/t10-,11+,16+,18?/m0/s1. The average molecular weight is 451 g/mol. The summed E-state index contributed by atoms with van der Waals surface area (Å²) < 4.78 is 46.7. The molecule has 32 heavy (non-hydrogen) atoms. The van der Waals surface area contributed by atoms with E-state index in [2.05, 4.69) is 5.32 Å². The number of carbonyl (C=O) groups excluding carboxylic acids is 2. The second kappa shape index (κ2) is 7.52. The van der Waals surface area contributed by atoms with Gasteiger partial charge in [-0.2, -0.15) is 0 Å². The Labute approximate surface area is 180 Å². The van der Waals surface area contributed by atoms with Crippen LogP contribution in [0.4, 0.5) is 13.2 Å². The first kappa shape index (κ1) is 20.8. The van der Waals surface area contributed by atoms with Crippen LogP contribution in [-0.4, -0.2) is 62.8 Å². The Morgan fingerprint density at radius 2 is 1.94 bits per heavy atom. The minimum atomic E-state index is -1.80. The van der Waals surface area contributed by atoms with E-state index >= 15 is 0 Å². The van der Waals surface area contributed by atoms with E-state index in [9.17, 15) is 33.0 Å². The molecule has 170 valence electrons. The number of hydrogen-bond donors (Lipinski definition) is 3. The minimum absolute atomic E-state index is 0.0000186. The Morgan fingerprint density at radius 1 is 1.22 bits per heavy atom. The predicted octanol–water partition coefficient (Wildman–Crippen LogP) is 1.17. The molecule has 1 unspecified atom stereocenters. The lowest BCUT2D eigenvalue weighted by Gasteiger charge is -2.48. The van der Waals surface area contributed by atoms with Crippen molar-refractivity contribution in [1.29, 1.82) is 0 Å². The van der Waals surface area contributed by atoms with Crippen molar-refractivity contribution >= 4 is 11.8 Å². The number of rotatable bonds is 3. The Balaban J connectivity index is 1.37. The monoisotopic (exact) mass is 451 g/mol. The highest BCUT2D eigenvalue weighted by Gasteiger charge is 2.50. The van der Waals surface area contributed by atoms with Crippen LogP contribution in [-0.2, 0) is 20.9 Å². The van der Waals surface area contributed by atoms with Gasteiger partial charge in [0.1, 0.15) is 29.3 Å². The van der Waals surface area contributed by atoms with Gasteiger partial charge in [-0.1, -0.05) is 0 Å². The molecule has 3 fully saturated rings. The minimum Gasteiger partial charge on any atom is -0.507 e. The molecule has 4 atom stereocenters. The van der Waals surface area contributed by atoms with Gasteiger partial charge < -0.3 is 30.1 Å². The van der Waals surface area contributed by atoms with Crippen molar-refractivity contribution < 1.29 is 37.7 Å². The third-order valence-electron chi connectivity index (χ3n) is 6.37. The summed E-state index contributed by atoms with van der Waals surface area (Å²) in [6.45, 7) is -0.456. The highest BCUT2D eigenvalue weighted by atomic mass is 19.1. The highest BCUT2D eigenvalue weighted by molar-refractivity contribution is 5.99. The molecule has 2 saturated heterocycles. The van der Waals surface area contributed by atoms with E-state index in [1.807, 2.05) is 0 Å². The van der Waals surface area contributed by atoms with Gasteiger partial charge in [-0.25, -0.2) is 13.2 Å². The molecule has 2 bridgehead atoms. The van der Waals surface area contributed by atoms with E-state index in [1.54, 1.807) is 4.90 Å². The first-order valence-electron chi connectivity index (χ1n) is 10.2. The zero-order chi connectivity index (χ0) is 22.7. The molecule has 5 rings (SSSR count). The van der Waals surface area contributed by atoms with Crippen molar-refractivity contribution in [2.24, 2.45) is 0 Å². The number of nitrogens with one attached hydrogen (secondary N) is 1. The van der Waals surface area contributed by atoms with Gasteiger partial charge in [0.15, 0.2) is 12.0 Å². The smallest absolute Gasteiger partial charge is 0.276 e. The van der Waals surface area contributed by atoms with E-state index in [0.717, 1.165) is 19.3 Å². The number of amides is 2. The summed E-state index contributed by atoms with van der Waals surface area (Å²) in [5, 5.41) is 23.3. The maximum Gasteiger partial charge on any atom is 0.276 e. The molecule has 3 N–H and O–H groups in total. The molecule has 3 aliphatic heterocycles. The van der Waals surface area contributed by atoms with Gasteiger partial charge in [0.05, 0.1) is 18.2 Å². The summed E-state index contributed by atoms with van der Waals surface area (Å²) in [4.78, 5) is 28.6. The van der Waals surface area contributed by atoms with Crippen LogP contribution >= 0.6 is 0 Å². The largest absolute Gasteiger partial charge is 0.507 e. The molecular weight excluding hydrogens is 431 g/mol. The number of fused-ring (bicyclic) bond motifs is 5. The Hall–Kier alpha value is -3.05. The summed E-state index contributed by atoms with van der Waals surface area (Å²) in [7, 11) is 0. The van der Waals surface area contributed by atoms with Gasteiger partial charge in [0, 0.05) is 36.5 Å². The lowest BCUT2D eigenvalue weighted by molar-refractivity contribution is -0.177. The molecule has 0 spiro atoms. The fourth-order valence-electron chi connectivity index (χ4n) is 4.83. The van der Waals surface area contributed by atoms with Gasteiger partial charge in [-0.05, 0) is 19.3 Å². The van der Waals surface area contributed by atoms with E-state index < -0.39 is 59.5 Å². The summed E-state index contributed by atoms with van der Waals surface area (Å²) in [5.41, 5.74) is -0.995. The van der Waals surface area contributed by atoms with Crippen LogP contribution in [0.3, 0.4) is 0 Å². The molecule has 0 radical (unpaired) electrons. The topological polar surface area (TPSA) is 102 Å². The summed E-state index contributed by atoms with van der Waals surface area (Å²) in [6.07, 6.45) is 1.27. The summed E-state index contributed by atoms with van der Waals surface area (Å²) in [5.74, 6) is -5.51. The maximum absolute atomic E-state index is 13.8. The van der Waals surface area contributed by atoms with Gasteiger partial charge in [-0.3, -0.25) is 9.59 Å². The van der Waals surface area contributed by atoms with Crippen molar-refractivity contribution in [2.75, 3.05) is 6.54 Å². The first-order valence-corrected chi connectivity index (χ1v) is 10.2. The van der Waals surface area contributed by atoms with Crippen LogP contribution in [0, 0.1) is 17.5 Å². The number of hydrogen-bond acceptors (Lipinski definition) is 6. The highest BCUT2D eigenvalue weighted by Crippen LogP contribution is 2.40. The van der Waals surface area contributed by atoms with E-state index in [-0.39, 0.29) is 30.0 Å². The summed E-state index contributed by atoms with van der Waals surface area (Å²) >= 11 is 0. The van der Waals surface area contributed by atoms with E-state index in [0.29, 0.717) is 12.1 Å². The molecular formula is C21H20F3N3O5. The normalized spacial score (nSPS) is 29.0. The van der Waals surface area contributed by atoms with Crippen molar-refractivity contribution in [3.05, 3.63) is 58.4 Å². The summed E-state index contributed by atoms with van der Waals surface area (Å²) in [6, 6.07) is 0.977. The molecule has 3 heterocycles. The van der Waals surface area contributed by atoms with Crippen LogP contribution in [0.2, 0.25) is 0 Å².